The van der Waals surface area contributed by atoms with Crippen LogP contribution in [0.15, 0.2) is 47.1 Å². The summed E-state index contributed by atoms with van der Waals surface area (Å²) in [5.41, 5.74) is 0.663. The van der Waals surface area contributed by atoms with Gasteiger partial charge in [0.15, 0.2) is 0 Å². The monoisotopic (exact) mass is 331 g/mol. The zero-order valence-corrected chi connectivity index (χ0v) is 13.8. The summed E-state index contributed by atoms with van der Waals surface area (Å²) in [7, 11) is 0. The second-order valence-electron chi connectivity index (χ2n) is 5.49. The smallest absolute Gasteiger partial charge is 0.273 e. The number of para-hydroxylation sites is 1. The summed E-state index contributed by atoms with van der Waals surface area (Å²) in [5.74, 6) is 0.532. The van der Waals surface area contributed by atoms with Gasteiger partial charge < -0.3 is 9.73 Å². The molecule has 0 saturated carbocycles. The quantitative estimate of drug-likeness (QED) is 0.593. The van der Waals surface area contributed by atoms with Gasteiger partial charge in [-0.1, -0.05) is 25.1 Å². The Bertz CT molecular complexity index is 685. The number of carbonyl (C=O) groups is 1. The van der Waals surface area contributed by atoms with Crippen molar-refractivity contribution in [2.45, 2.75) is 26.4 Å². The molecule has 0 aliphatic carbocycles. The fourth-order valence-corrected chi connectivity index (χ4v) is 2.44. The Morgan fingerprint density at radius 2 is 2.08 bits per heavy atom. The molecule has 1 heterocycles. The number of hydrogen-bond acceptors (Lipinski definition) is 5. The van der Waals surface area contributed by atoms with E-state index in [2.05, 4.69) is 5.32 Å². The summed E-state index contributed by atoms with van der Waals surface area (Å²) in [6, 6.07) is 9.93. The molecule has 1 unspecified atom stereocenters. The van der Waals surface area contributed by atoms with E-state index in [-0.39, 0.29) is 24.2 Å². The van der Waals surface area contributed by atoms with E-state index in [0.717, 1.165) is 0 Å². The molecule has 2 aromatic rings. The van der Waals surface area contributed by atoms with Gasteiger partial charge >= 0.3 is 0 Å². The minimum atomic E-state index is -0.401. The van der Waals surface area contributed by atoms with Crippen LogP contribution in [0.25, 0.3) is 0 Å². The standard InChI is InChI=1S/C17H21N3O4/c1-3-19(11-14-7-4-5-8-15(14)20(22)23)12-17(21)18-13(2)16-9-6-10-24-16/h4-10,13H,3,11-12H2,1-2H3,(H,18,21). The average Bonchev–Trinajstić information content (AvgIpc) is 3.09. The highest BCUT2D eigenvalue weighted by atomic mass is 16.6. The van der Waals surface area contributed by atoms with Crippen molar-refractivity contribution in [3.63, 3.8) is 0 Å². The first kappa shape index (κ1) is 17.7. The summed E-state index contributed by atoms with van der Waals surface area (Å²) in [6.07, 6.45) is 1.56. The maximum Gasteiger partial charge on any atom is 0.273 e. The number of nitro groups is 1. The molecule has 1 N–H and O–H groups in total. The van der Waals surface area contributed by atoms with Crippen molar-refractivity contribution in [1.29, 1.82) is 0 Å². The fraction of sp³-hybridized carbons (Fsp3) is 0.353. The Morgan fingerprint density at radius 1 is 1.33 bits per heavy atom. The van der Waals surface area contributed by atoms with Crippen LogP contribution in [0, 0.1) is 10.1 Å². The van der Waals surface area contributed by atoms with Crippen LogP contribution in [0.2, 0.25) is 0 Å². The molecule has 1 aromatic carbocycles. The number of carbonyl (C=O) groups excluding carboxylic acids is 1. The lowest BCUT2D eigenvalue weighted by molar-refractivity contribution is -0.385. The van der Waals surface area contributed by atoms with E-state index < -0.39 is 4.92 Å². The van der Waals surface area contributed by atoms with Crippen molar-refractivity contribution in [1.82, 2.24) is 10.2 Å². The summed E-state index contributed by atoms with van der Waals surface area (Å²) in [6.45, 7) is 4.87. The zero-order chi connectivity index (χ0) is 17.5. The van der Waals surface area contributed by atoms with Gasteiger partial charge in [0.05, 0.1) is 23.8 Å². The molecule has 0 saturated heterocycles. The second-order valence-corrected chi connectivity index (χ2v) is 5.49. The molecule has 7 heteroatoms. The topological polar surface area (TPSA) is 88.6 Å². The van der Waals surface area contributed by atoms with Crippen molar-refractivity contribution in [3.8, 4) is 0 Å². The van der Waals surface area contributed by atoms with Gasteiger partial charge in [0, 0.05) is 18.2 Å². The highest BCUT2D eigenvalue weighted by Crippen LogP contribution is 2.19. The summed E-state index contributed by atoms with van der Waals surface area (Å²) in [5, 5.41) is 13.9. The van der Waals surface area contributed by atoms with Gasteiger partial charge in [0.2, 0.25) is 5.91 Å². The third-order valence-electron chi connectivity index (χ3n) is 3.74. The van der Waals surface area contributed by atoms with Gasteiger partial charge in [-0.2, -0.15) is 0 Å². The summed E-state index contributed by atoms with van der Waals surface area (Å²) in [4.78, 5) is 24.7. The zero-order valence-electron chi connectivity index (χ0n) is 13.8. The Morgan fingerprint density at radius 3 is 2.71 bits per heavy atom. The number of nitro benzene ring substituents is 1. The van der Waals surface area contributed by atoms with E-state index >= 15 is 0 Å². The van der Waals surface area contributed by atoms with E-state index in [0.29, 0.717) is 24.4 Å². The van der Waals surface area contributed by atoms with E-state index in [4.69, 9.17) is 4.42 Å². The number of amides is 1. The number of hydrogen-bond donors (Lipinski definition) is 1. The lowest BCUT2D eigenvalue weighted by atomic mass is 10.1. The molecule has 0 spiro atoms. The third kappa shape index (κ3) is 4.66. The molecular formula is C17H21N3O4. The molecular weight excluding hydrogens is 310 g/mol. The van der Waals surface area contributed by atoms with Crippen molar-refractivity contribution in [2.24, 2.45) is 0 Å². The van der Waals surface area contributed by atoms with E-state index in [1.807, 2.05) is 18.7 Å². The van der Waals surface area contributed by atoms with Crippen LogP contribution in [0.4, 0.5) is 5.69 Å². The lowest BCUT2D eigenvalue weighted by Gasteiger charge is -2.21. The van der Waals surface area contributed by atoms with Gasteiger partial charge in [0.1, 0.15) is 5.76 Å². The first-order chi connectivity index (χ1) is 11.5. The molecule has 7 nitrogen and oxygen atoms in total. The SMILES string of the molecule is CCN(CC(=O)NC(C)c1ccco1)Cc1ccccc1[N+](=O)[O-]. The predicted octanol–water partition coefficient (Wildman–Crippen LogP) is 2.89. The van der Waals surface area contributed by atoms with Crippen molar-refractivity contribution >= 4 is 11.6 Å². The highest BCUT2D eigenvalue weighted by molar-refractivity contribution is 5.78. The lowest BCUT2D eigenvalue weighted by Crippen LogP contribution is -2.38. The highest BCUT2D eigenvalue weighted by Gasteiger charge is 2.18. The minimum Gasteiger partial charge on any atom is -0.467 e. The van der Waals surface area contributed by atoms with Crippen molar-refractivity contribution in [3.05, 3.63) is 64.1 Å². The van der Waals surface area contributed by atoms with Crippen LogP contribution < -0.4 is 5.32 Å². The first-order valence-electron chi connectivity index (χ1n) is 7.78. The molecule has 128 valence electrons. The normalized spacial score (nSPS) is 12.1. The maximum absolute atomic E-state index is 12.2. The first-order valence-corrected chi connectivity index (χ1v) is 7.78. The molecule has 0 aliphatic rings. The molecule has 24 heavy (non-hydrogen) atoms. The van der Waals surface area contributed by atoms with Gasteiger partial charge in [-0.25, -0.2) is 0 Å². The minimum absolute atomic E-state index is 0.0697. The van der Waals surface area contributed by atoms with Crippen LogP contribution in [-0.2, 0) is 11.3 Å². The van der Waals surface area contributed by atoms with Gasteiger partial charge in [-0.05, 0) is 25.6 Å². The molecule has 2 rings (SSSR count). The van der Waals surface area contributed by atoms with Gasteiger partial charge in [-0.15, -0.1) is 0 Å². The Labute approximate surface area is 140 Å². The molecule has 0 bridgehead atoms. The Kier molecular flexibility index (Phi) is 6.08. The average molecular weight is 331 g/mol. The molecule has 0 radical (unpaired) electrons. The van der Waals surface area contributed by atoms with Crippen LogP contribution >= 0.6 is 0 Å². The molecule has 1 amide bonds. The third-order valence-corrected chi connectivity index (χ3v) is 3.74. The number of nitrogens with zero attached hydrogens (tertiary/aromatic N) is 2. The Balaban J connectivity index is 1.97. The second kappa shape index (κ2) is 8.26. The fourth-order valence-electron chi connectivity index (χ4n) is 2.44. The van der Waals surface area contributed by atoms with E-state index in [1.165, 1.54) is 6.07 Å². The largest absolute Gasteiger partial charge is 0.467 e. The molecule has 1 atom stereocenters. The number of rotatable bonds is 8. The van der Waals surface area contributed by atoms with Crippen LogP contribution in [0.5, 0.6) is 0 Å². The number of nitrogens with one attached hydrogen (secondary N) is 1. The van der Waals surface area contributed by atoms with Crippen molar-refractivity contribution in [2.75, 3.05) is 13.1 Å². The molecule has 0 aliphatic heterocycles. The summed E-state index contributed by atoms with van der Waals surface area (Å²) >= 11 is 0. The molecule has 1 aromatic heterocycles. The van der Waals surface area contributed by atoms with Crippen LogP contribution in [0.3, 0.4) is 0 Å². The van der Waals surface area contributed by atoms with Crippen molar-refractivity contribution < 1.29 is 14.1 Å². The number of likely N-dealkylation sites (N-methyl/N-ethyl adjacent to an activating group) is 1. The van der Waals surface area contributed by atoms with E-state index in [1.54, 1.807) is 36.6 Å². The number of furan rings is 1. The van der Waals surface area contributed by atoms with E-state index in [9.17, 15) is 14.9 Å². The van der Waals surface area contributed by atoms with Gasteiger partial charge in [-0.3, -0.25) is 19.8 Å². The predicted molar refractivity (Wildman–Crippen MR) is 89.3 cm³/mol. The van der Waals surface area contributed by atoms with Crippen LogP contribution in [0.1, 0.15) is 31.2 Å². The Hall–Kier alpha value is -2.67. The maximum atomic E-state index is 12.2. The van der Waals surface area contributed by atoms with Gasteiger partial charge in [0.25, 0.3) is 5.69 Å². The number of benzene rings is 1. The molecule has 0 fully saturated rings. The summed E-state index contributed by atoms with van der Waals surface area (Å²) < 4.78 is 5.26. The van der Waals surface area contributed by atoms with Crippen LogP contribution in [-0.4, -0.2) is 28.8 Å².